The van der Waals surface area contributed by atoms with Crippen molar-refractivity contribution < 1.29 is 9.90 Å². The Bertz CT molecular complexity index is 682. The van der Waals surface area contributed by atoms with Crippen LogP contribution in [0.25, 0.3) is 11.4 Å². The van der Waals surface area contributed by atoms with Crippen molar-refractivity contribution in [1.82, 2.24) is 9.97 Å². The van der Waals surface area contributed by atoms with Crippen molar-refractivity contribution in [2.45, 2.75) is 0 Å². The smallest absolute Gasteiger partial charge is 0.354 e. The number of carboxylic acids is 1. The van der Waals surface area contributed by atoms with Gasteiger partial charge in [0.15, 0.2) is 5.69 Å². The van der Waals surface area contributed by atoms with E-state index in [1.54, 1.807) is 6.07 Å². The van der Waals surface area contributed by atoms with Gasteiger partial charge in [0, 0.05) is 11.6 Å². The first kappa shape index (κ1) is 12.6. The van der Waals surface area contributed by atoms with Crippen molar-refractivity contribution in [2.75, 3.05) is 0 Å². The van der Waals surface area contributed by atoms with Crippen LogP contribution in [0.1, 0.15) is 10.5 Å². The highest BCUT2D eigenvalue weighted by molar-refractivity contribution is 6.42. The predicted octanol–water partition coefficient (Wildman–Crippen LogP) is 2.44. The topological polar surface area (TPSA) is 83.0 Å². The Morgan fingerprint density at radius 3 is 2.56 bits per heavy atom. The molecule has 0 aliphatic heterocycles. The van der Waals surface area contributed by atoms with E-state index in [1.165, 1.54) is 12.1 Å². The van der Waals surface area contributed by atoms with Crippen LogP contribution in [0.2, 0.25) is 10.0 Å². The SMILES string of the molecule is O=C(O)c1cc(=O)[nH]c(-c2ccc(Cl)c(Cl)c2)n1. The van der Waals surface area contributed by atoms with Crippen molar-refractivity contribution in [3.8, 4) is 11.4 Å². The van der Waals surface area contributed by atoms with Crippen LogP contribution in [-0.2, 0) is 0 Å². The summed E-state index contributed by atoms with van der Waals surface area (Å²) < 4.78 is 0. The number of halogens is 2. The maximum Gasteiger partial charge on any atom is 0.354 e. The van der Waals surface area contributed by atoms with E-state index in [9.17, 15) is 9.59 Å². The largest absolute Gasteiger partial charge is 0.477 e. The minimum atomic E-state index is -1.28. The van der Waals surface area contributed by atoms with Crippen LogP contribution < -0.4 is 5.56 Å². The maximum atomic E-state index is 11.3. The number of hydrogen-bond donors (Lipinski definition) is 2. The molecular formula is C11H6Cl2N2O3. The van der Waals surface area contributed by atoms with Crippen LogP contribution in [0.4, 0.5) is 0 Å². The number of H-pyrrole nitrogens is 1. The summed E-state index contributed by atoms with van der Waals surface area (Å²) in [4.78, 5) is 28.4. The number of nitrogens with one attached hydrogen (secondary N) is 1. The number of benzene rings is 1. The van der Waals surface area contributed by atoms with Gasteiger partial charge in [0.1, 0.15) is 5.82 Å². The molecule has 0 bridgehead atoms. The lowest BCUT2D eigenvalue weighted by molar-refractivity contribution is 0.0690. The van der Waals surface area contributed by atoms with Crippen LogP contribution in [0.15, 0.2) is 29.1 Å². The molecule has 0 fully saturated rings. The summed E-state index contributed by atoms with van der Waals surface area (Å²) in [6.07, 6.45) is 0. The Labute approximate surface area is 111 Å². The number of rotatable bonds is 2. The Kier molecular flexibility index (Phi) is 3.36. The quantitative estimate of drug-likeness (QED) is 0.887. The molecule has 1 heterocycles. The zero-order valence-electron chi connectivity index (χ0n) is 8.78. The van der Waals surface area contributed by atoms with E-state index in [1.807, 2.05) is 0 Å². The van der Waals surface area contributed by atoms with Crippen molar-refractivity contribution >= 4 is 29.2 Å². The van der Waals surface area contributed by atoms with Crippen molar-refractivity contribution in [3.63, 3.8) is 0 Å². The third-order valence-corrected chi connectivity index (χ3v) is 2.89. The molecule has 0 unspecified atom stereocenters. The number of aromatic nitrogens is 2. The summed E-state index contributed by atoms with van der Waals surface area (Å²) in [5, 5.41) is 9.46. The Morgan fingerprint density at radius 1 is 1.22 bits per heavy atom. The molecule has 1 aromatic heterocycles. The first-order valence-electron chi connectivity index (χ1n) is 4.77. The molecule has 2 rings (SSSR count). The second-order valence-corrected chi connectivity index (χ2v) is 4.23. The van der Waals surface area contributed by atoms with Crippen LogP contribution in [0.5, 0.6) is 0 Å². The van der Waals surface area contributed by atoms with Crippen LogP contribution in [-0.4, -0.2) is 21.0 Å². The second-order valence-electron chi connectivity index (χ2n) is 3.41. The molecule has 0 saturated heterocycles. The first-order valence-corrected chi connectivity index (χ1v) is 5.53. The molecule has 0 atom stereocenters. The van der Waals surface area contributed by atoms with Gasteiger partial charge in [-0.05, 0) is 18.2 Å². The van der Waals surface area contributed by atoms with Crippen LogP contribution in [0.3, 0.4) is 0 Å². The number of carboxylic acid groups (broad SMARTS) is 1. The lowest BCUT2D eigenvalue weighted by Gasteiger charge is -2.03. The molecule has 7 heteroatoms. The minimum absolute atomic E-state index is 0.124. The summed E-state index contributed by atoms with van der Waals surface area (Å²) >= 11 is 11.6. The molecule has 0 aliphatic rings. The summed E-state index contributed by atoms with van der Waals surface area (Å²) in [6.45, 7) is 0. The van der Waals surface area contributed by atoms with E-state index in [0.717, 1.165) is 6.07 Å². The third kappa shape index (κ3) is 2.52. The van der Waals surface area contributed by atoms with E-state index in [2.05, 4.69) is 9.97 Å². The van der Waals surface area contributed by atoms with Gasteiger partial charge >= 0.3 is 5.97 Å². The zero-order chi connectivity index (χ0) is 13.3. The Hall–Kier alpha value is -1.85. The third-order valence-electron chi connectivity index (χ3n) is 2.15. The van der Waals surface area contributed by atoms with E-state index in [-0.39, 0.29) is 16.5 Å². The molecule has 0 saturated carbocycles. The van der Waals surface area contributed by atoms with Gasteiger partial charge in [0.05, 0.1) is 10.0 Å². The lowest BCUT2D eigenvalue weighted by atomic mass is 10.2. The monoisotopic (exact) mass is 284 g/mol. The standard InChI is InChI=1S/C11H6Cl2N2O3/c12-6-2-1-5(3-7(6)13)10-14-8(11(17)18)4-9(16)15-10/h1-4H,(H,17,18)(H,14,15,16). The summed E-state index contributed by atoms with van der Waals surface area (Å²) in [5.41, 5.74) is -0.409. The van der Waals surface area contributed by atoms with Crippen LogP contribution >= 0.6 is 23.2 Å². The second kappa shape index (κ2) is 4.80. The van der Waals surface area contributed by atoms with Gasteiger partial charge in [-0.1, -0.05) is 23.2 Å². The van der Waals surface area contributed by atoms with Gasteiger partial charge in [0.25, 0.3) is 5.56 Å². The number of aromatic carboxylic acids is 1. The van der Waals surface area contributed by atoms with Gasteiger partial charge in [-0.2, -0.15) is 0 Å². The molecule has 2 N–H and O–H groups in total. The van der Waals surface area contributed by atoms with Crippen molar-refractivity contribution in [2.24, 2.45) is 0 Å². The number of hydrogen-bond acceptors (Lipinski definition) is 3. The van der Waals surface area contributed by atoms with Gasteiger partial charge in [-0.3, -0.25) is 4.79 Å². The van der Waals surface area contributed by atoms with Gasteiger partial charge < -0.3 is 10.1 Å². The molecule has 0 aliphatic carbocycles. The molecule has 92 valence electrons. The average molecular weight is 285 g/mol. The fourth-order valence-electron chi connectivity index (χ4n) is 1.35. The maximum absolute atomic E-state index is 11.3. The Morgan fingerprint density at radius 2 is 1.94 bits per heavy atom. The fourth-order valence-corrected chi connectivity index (χ4v) is 1.65. The highest BCUT2D eigenvalue weighted by Gasteiger charge is 2.10. The zero-order valence-corrected chi connectivity index (χ0v) is 10.3. The summed E-state index contributed by atoms with van der Waals surface area (Å²) in [7, 11) is 0. The normalized spacial score (nSPS) is 10.3. The molecule has 0 amide bonds. The van der Waals surface area contributed by atoms with Gasteiger partial charge in [-0.25, -0.2) is 9.78 Å². The van der Waals surface area contributed by atoms with E-state index < -0.39 is 11.5 Å². The van der Waals surface area contributed by atoms with E-state index >= 15 is 0 Å². The predicted molar refractivity (Wildman–Crippen MR) is 67.3 cm³/mol. The van der Waals surface area contributed by atoms with Crippen molar-refractivity contribution in [3.05, 3.63) is 50.4 Å². The molecule has 1 aromatic carbocycles. The van der Waals surface area contributed by atoms with E-state index in [4.69, 9.17) is 28.3 Å². The Balaban J connectivity index is 2.60. The molecule has 18 heavy (non-hydrogen) atoms. The number of nitrogens with zero attached hydrogens (tertiary/aromatic N) is 1. The summed E-state index contributed by atoms with van der Waals surface area (Å²) in [5.74, 6) is -1.15. The minimum Gasteiger partial charge on any atom is -0.477 e. The van der Waals surface area contributed by atoms with Crippen LogP contribution in [0, 0.1) is 0 Å². The molecule has 2 aromatic rings. The number of aromatic amines is 1. The average Bonchev–Trinajstić information content (AvgIpc) is 2.31. The van der Waals surface area contributed by atoms with Crippen molar-refractivity contribution in [1.29, 1.82) is 0 Å². The van der Waals surface area contributed by atoms with Gasteiger partial charge in [0.2, 0.25) is 0 Å². The highest BCUT2D eigenvalue weighted by atomic mass is 35.5. The number of carbonyl (C=O) groups is 1. The van der Waals surface area contributed by atoms with Gasteiger partial charge in [-0.15, -0.1) is 0 Å². The van der Waals surface area contributed by atoms with E-state index in [0.29, 0.717) is 10.6 Å². The molecule has 0 radical (unpaired) electrons. The molecule has 0 spiro atoms. The molecule has 5 nitrogen and oxygen atoms in total. The fraction of sp³-hybridized carbons (Fsp3) is 0. The highest BCUT2D eigenvalue weighted by Crippen LogP contribution is 2.26. The lowest BCUT2D eigenvalue weighted by Crippen LogP contribution is -2.13. The summed E-state index contributed by atoms with van der Waals surface area (Å²) in [6, 6.07) is 5.52. The molecular weight excluding hydrogens is 279 g/mol. The first-order chi connectivity index (χ1) is 8.47.